The fourth-order valence-electron chi connectivity index (χ4n) is 1.95. The molecule has 0 aliphatic rings. The molecule has 1 aromatic carbocycles. The summed E-state index contributed by atoms with van der Waals surface area (Å²) in [5.74, 6) is 1.52. The number of thiocyanates is 1. The third-order valence-corrected chi connectivity index (χ3v) is 3.41. The lowest BCUT2D eigenvalue weighted by atomic mass is 9.93. The fraction of sp³-hybridized carbons (Fsp3) is 0.500. The third-order valence-electron chi connectivity index (χ3n) is 2.84. The first-order valence-electron chi connectivity index (χ1n) is 6.16. The van der Waals surface area contributed by atoms with Crippen LogP contribution in [0.3, 0.4) is 0 Å². The molecule has 2 nitrogen and oxygen atoms in total. The van der Waals surface area contributed by atoms with Gasteiger partial charge in [0.2, 0.25) is 0 Å². The summed E-state index contributed by atoms with van der Waals surface area (Å²) in [5, 5.41) is 10.6. The molecule has 1 atom stereocenters. The predicted octanol–water partition coefficient (Wildman–Crippen LogP) is 4.32. The Bertz CT molecular complexity index is 417. The quantitative estimate of drug-likeness (QED) is 0.545. The van der Waals surface area contributed by atoms with E-state index in [9.17, 15) is 4.39 Å². The zero-order valence-corrected chi connectivity index (χ0v) is 11.6. The van der Waals surface area contributed by atoms with Crippen LogP contribution in [0.1, 0.15) is 38.2 Å². The molecule has 98 valence electrons. The standard InChI is InChI=1S/C14H18FNOS/c1-3-11(7-8-18-10-16)13-9-12(15)5-6-14(13)17-4-2/h5-6,9,11H,3-4,7-8H2,1-2H3. The maximum absolute atomic E-state index is 13.4. The second kappa shape index (κ2) is 7.99. The Morgan fingerprint density at radius 2 is 2.22 bits per heavy atom. The topological polar surface area (TPSA) is 33.0 Å². The van der Waals surface area contributed by atoms with E-state index in [1.165, 1.54) is 17.8 Å². The summed E-state index contributed by atoms with van der Waals surface area (Å²) in [6.07, 6.45) is 1.77. The van der Waals surface area contributed by atoms with Crippen molar-refractivity contribution in [1.82, 2.24) is 0 Å². The first kappa shape index (κ1) is 14.8. The molecule has 0 aromatic heterocycles. The van der Waals surface area contributed by atoms with Gasteiger partial charge in [0.05, 0.1) is 6.61 Å². The minimum absolute atomic E-state index is 0.236. The Labute approximate surface area is 112 Å². The molecule has 18 heavy (non-hydrogen) atoms. The van der Waals surface area contributed by atoms with Gasteiger partial charge in [-0.1, -0.05) is 6.92 Å². The molecule has 0 saturated carbocycles. The second-order valence-corrected chi connectivity index (χ2v) is 4.83. The fourth-order valence-corrected chi connectivity index (χ4v) is 2.45. The van der Waals surface area contributed by atoms with Crippen molar-refractivity contribution >= 4 is 11.8 Å². The monoisotopic (exact) mass is 267 g/mol. The number of benzene rings is 1. The van der Waals surface area contributed by atoms with Crippen LogP contribution < -0.4 is 4.74 Å². The first-order valence-corrected chi connectivity index (χ1v) is 7.14. The van der Waals surface area contributed by atoms with E-state index < -0.39 is 0 Å². The lowest BCUT2D eigenvalue weighted by molar-refractivity contribution is 0.332. The van der Waals surface area contributed by atoms with Gasteiger partial charge in [-0.3, -0.25) is 0 Å². The zero-order valence-electron chi connectivity index (χ0n) is 10.8. The largest absolute Gasteiger partial charge is 0.494 e. The summed E-state index contributed by atoms with van der Waals surface area (Å²) in [6.45, 7) is 4.56. The van der Waals surface area contributed by atoms with Crippen LogP contribution in [0.15, 0.2) is 18.2 Å². The van der Waals surface area contributed by atoms with Crippen LogP contribution >= 0.6 is 11.8 Å². The summed E-state index contributed by atoms with van der Waals surface area (Å²) in [7, 11) is 0. The molecule has 1 rings (SSSR count). The lowest BCUT2D eigenvalue weighted by Gasteiger charge is -2.18. The van der Waals surface area contributed by atoms with Crippen LogP contribution in [-0.4, -0.2) is 12.4 Å². The molecule has 0 N–H and O–H groups in total. The van der Waals surface area contributed by atoms with Gasteiger partial charge in [0, 0.05) is 11.3 Å². The van der Waals surface area contributed by atoms with E-state index in [2.05, 4.69) is 12.3 Å². The molecule has 0 aliphatic heterocycles. The van der Waals surface area contributed by atoms with Crippen molar-refractivity contribution in [3.8, 4) is 11.2 Å². The number of rotatable bonds is 7. The van der Waals surface area contributed by atoms with Gasteiger partial charge in [-0.2, -0.15) is 5.26 Å². The predicted molar refractivity (Wildman–Crippen MR) is 73.3 cm³/mol. The van der Waals surface area contributed by atoms with E-state index in [4.69, 9.17) is 10.00 Å². The number of ether oxygens (including phenoxy) is 1. The van der Waals surface area contributed by atoms with Crippen molar-refractivity contribution in [2.24, 2.45) is 0 Å². The summed E-state index contributed by atoms with van der Waals surface area (Å²) in [4.78, 5) is 0. The highest BCUT2D eigenvalue weighted by Crippen LogP contribution is 2.33. The van der Waals surface area contributed by atoms with Crippen LogP contribution in [0.5, 0.6) is 5.75 Å². The summed E-state index contributed by atoms with van der Waals surface area (Å²) < 4.78 is 18.9. The molecule has 0 amide bonds. The highest BCUT2D eigenvalue weighted by molar-refractivity contribution is 8.03. The third kappa shape index (κ3) is 4.23. The van der Waals surface area contributed by atoms with Crippen molar-refractivity contribution in [3.63, 3.8) is 0 Å². The van der Waals surface area contributed by atoms with Crippen molar-refractivity contribution in [2.75, 3.05) is 12.4 Å². The summed E-state index contributed by atoms with van der Waals surface area (Å²) >= 11 is 1.24. The molecule has 4 heteroatoms. The van der Waals surface area contributed by atoms with Gasteiger partial charge in [-0.05, 0) is 55.6 Å². The number of halogens is 1. The summed E-state index contributed by atoms with van der Waals surface area (Å²) in [5.41, 5.74) is 0.915. The number of nitriles is 1. The normalized spacial score (nSPS) is 11.9. The molecular formula is C14H18FNOS. The van der Waals surface area contributed by atoms with Gasteiger partial charge in [0.25, 0.3) is 0 Å². The second-order valence-electron chi connectivity index (χ2n) is 3.95. The van der Waals surface area contributed by atoms with Crippen LogP contribution in [0, 0.1) is 16.5 Å². The van der Waals surface area contributed by atoms with Crippen LogP contribution in [0.4, 0.5) is 4.39 Å². The molecule has 0 bridgehead atoms. The van der Waals surface area contributed by atoms with Gasteiger partial charge in [-0.25, -0.2) is 4.39 Å². The van der Waals surface area contributed by atoms with Crippen LogP contribution in [-0.2, 0) is 0 Å². The van der Waals surface area contributed by atoms with Crippen LogP contribution in [0.25, 0.3) is 0 Å². The highest BCUT2D eigenvalue weighted by atomic mass is 32.2. The first-order chi connectivity index (χ1) is 8.72. The average molecular weight is 267 g/mol. The van der Waals surface area contributed by atoms with Crippen LogP contribution in [0.2, 0.25) is 0 Å². The van der Waals surface area contributed by atoms with E-state index in [0.29, 0.717) is 6.61 Å². The zero-order chi connectivity index (χ0) is 13.4. The number of nitrogens with zero attached hydrogens (tertiary/aromatic N) is 1. The number of thioether (sulfide) groups is 1. The Balaban J connectivity index is 2.88. The Kier molecular flexibility index (Phi) is 6.59. The van der Waals surface area contributed by atoms with Gasteiger partial charge >= 0.3 is 0 Å². The molecule has 1 aromatic rings. The highest BCUT2D eigenvalue weighted by Gasteiger charge is 2.15. The Morgan fingerprint density at radius 1 is 1.44 bits per heavy atom. The molecule has 0 aliphatic carbocycles. The minimum Gasteiger partial charge on any atom is -0.494 e. The van der Waals surface area contributed by atoms with E-state index in [0.717, 1.165) is 29.9 Å². The number of hydrogen-bond acceptors (Lipinski definition) is 3. The smallest absolute Gasteiger partial charge is 0.133 e. The van der Waals surface area contributed by atoms with Crippen molar-refractivity contribution in [3.05, 3.63) is 29.6 Å². The average Bonchev–Trinajstić information content (AvgIpc) is 2.37. The Morgan fingerprint density at radius 3 is 2.83 bits per heavy atom. The molecule has 0 radical (unpaired) electrons. The van der Waals surface area contributed by atoms with Crippen molar-refractivity contribution in [2.45, 2.75) is 32.6 Å². The van der Waals surface area contributed by atoms with Gasteiger partial charge < -0.3 is 4.74 Å². The maximum atomic E-state index is 13.4. The van der Waals surface area contributed by atoms with Gasteiger partial charge in [0.15, 0.2) is 0 Å². The molecule has 0 fully saturated rings. The molecule has 0 spiro atoms. The molecule has 1 unspecified atom stereocenters. The summed E-state index contributed by atoms with van der Waals surface area (Å²) in [6, 6.07) is 4.66. The maximum Gasteiger partial charge on any atom is 0.133 e. The molecule has 0 heterocycles. The Hall–Kier alpha value is -1.21. The SMILES string of the molecule is CCOc1ccc(F)cc1C(CC)CCSC#N. The van der Waals surface area contributed by atoms with Crippen molar-refractivity contribution in [1.29, 1.82) is 5.26 Å². The van der Waals surface area contributed by atoms with E-state index in [-0.39, 0.29) is 11.7 Å². The van der Waals surface area contributed by atoms with E-state index in [1.54, 1.807) is 12.1 Å². The van der Waals surface area contributed by atoms with Gasteiger partial charge in [-0.15, -0.1) is 0 Å². The molecule has 0 saturated heterocycles. The minimum atomic E-state index is -0.236. The van der Waals surface area contributed by atoms with E-state index in [1.807, 2.05) is 6.92 Å². The van der Waals surface area contributed by atoms with Gasteiger partial charge in [0.1, 0.15) is 17.0 Å². The number of hydrogen-bond donors (Lipinski definition) is 0. The lowest BCUT2D eigenvalue weighted by Crippen LogP contribution is -2.04. The van der Waals surface area contributed by atoms with Crippen molar-refractivity contribution < 1.29 is 9.13 Å². The molecular weight excluding hydrogens is 249 g/mol. The van der Waals surface area contributed by atoms with E-state index >= 15 is 0 Å².